The van der Waals surface area contributed by atoms with Gasteiger partial charge in [0, 0.05) is 6.54 Å². The van der Waals surface area contributed by atoms with Crippen LogP contribution in [0, 0.1) is 6.92 Å². The van der Waals surface area contributed by atoms with E-state index in [9.17, 15) is 4.79 Å². The summed E-state index contributed by atoms with van der Waals surface area (Å²) >= 11 is 0. The minimum absolute atomic E-state index is 0.0182. The first-order valence-corrected chi connectivity index (χ1v) is 9.39. The van der Waals surface area contributed by atoms with Gasteiger partial charge >= 0.3 is 0 Å². The van der Waals surface area contributed by atoms with Gasteiger partial charge in [-0.2, -0.15) is 0 Å². The van der Waals surface area contributed by atoms with Gasteiger partial charge in [0.25, 0.3) is 5.91 Å². The van der Waals surface area contributed by atoms with Crippen LogP contribution in [0.4, 0.5) is 5.69 Å². The van der Waals surface area contributed by atoms with E-state index >= 15 is 0 Å². The van der Waals surface area contributed by atoms with Crippen molar-refractivity contribution in [2.75, 3.05) is 25.2 Å². The van der Waals surface area contributed by atoms with Crippen LogP contribution in [0.5, 0.6) is 11.5 Å². The van der Waals surface area contributed by atoms with Gasteiger partial charge in [-0.1, -0.05) is 12.1 Å². The minimum Gasteiger partial charge on any atom is -0.495 e. The maximum Gasteiger partial charge on any atom is 0.265 e. The summed E-state index contributed by atoms with van der Waals surface area (Å²) in [7, 11) is 1.66. The molecule has 0 unspecified atom stereocenters. The summed E-state index contributed by atoms with van der Waals surface area (Å²) in [6, 6.07) is 10.2. The predicted octanol–water partition coefficient (Wildman–Crippen LogP) is 3.85. The molecule has 2 aromatic carbocycles. The Hall–Kier alpha value is -2.49. The Labute approximate surface area is 154 Å². The van der Waals surface area contributed by atoms with Crippen LogP contribution < -0.4 is 14.4 Å². The Morgan fingerprint density at radius 1 is 1.08 bits per heavy atom. The third-order valence-electron chi connectivity index (χ3n) is 5.51. The molecule has 4 heteroatoms. The standard InChI is InChI=1S/C22H25NO3/c1-15-8-11-20(25-2)22-19(15)7-4-12-23(22)21(24)14-26-18-10-9-16-5-3-6-17(16)13-18/h8-11,13H,3-7,12,14H2,1-2H3. The maximum absolute atomic E-state index is 12.9. The molecule has 2 aromatic rings. The Bertz CT molecular complexity index is 844. The van der Waals surface area contributed by atoms with Gasteiger partial charge in [0.1, 0.15) is 11.5 Å². The van der Waals surface area contributed by atoms with E-state index in [2.05, 4.69) is 25.1 Å². The molecule has 0 N–H and O–H groups in total. The lowest BCUT2D eigenvalue weighted by molar-refractivity contribution is -0.120. The molecule has 1 amide bonds. The van der Waals surface area contributed by atoms with E-state index in [1.807, 2.05) is 17.0 Å². The summed E-state index contributed by atoms with van der Waals surface area (Å²) in [5.74, 6) is 1.53. The monoisotopic (exact) mass is 351 g/mol. The van der Waals surface area contributed by atoms with E-state index in [-0.39, 0.29) is 12.5 Å². The zero-order chi connectivity index (χ0) is 18.1. The average Bonchev–Trinajstić information content (AvgIpc) is 3.14. The molecule has 0 radical (unpaired) electrons. The molecular formula is C22H25NO3. The number of methoxy groups -OCH3 is 1. The number of benzene rings is 2. The van der Waals surface area contributed by atoms with Crippen molar-refractivity contribution >= 4 is 11.6 Å². The van der Waals surface area contributed by atoms with Gasteiger partial charge in [-0.3, -0.25) is 4.79 Å². The lowest BCUT2D eigenvalue weighted by Crippen LogP contribution is -2.39. The number of carbonyl (C=O) groups excluding carboxylic acids is 1. The molecule has 2 aliphatic rings. The molecule has 0 saturated heterocycles. The van der Waals surface area contributed by atoms with Gasteiger partial charge in [0.15, 0.2) is 6.61 Å². The van der Waals surface area contributed by atoms with Crippen molar-refractivity contribution in [1.29, 1.82) is 0 Å². The van der Waals surface area contributed by atoms with E-state index in [1.165, 1.54) is 28.7 Å². The molecule has 0 atom stereocenters. The molecule has 26 heavy (non-hydrogen) atoms. The van der Waals surface area contributed by atoms with Crippen LogP contribution in [-0.4, -0.2) is 26.2 Å². The summed E-state index contributed by atoms with van der Waals surface area (Å²) in [6.45, 7) is 2.85. The highest BCUT2D eigenvalue weighted by molar-refractivity contribution is 5.97. The number of hydrogen-bond acceptors (Lipinski definition) is 3. The number of ether oxygens (including phenoxy) is 2. The summed E-state index contributed by atoms with van der Waals surface area (Å²) < 4.78 is 11.4. The van der Waals surface area contributed by atoms with Crippen molar-refractivity contribution in [2.24, 2.45) is 0 Å². The Balaban J connectivity index is 1.52. The van der Waals surface area contributed by atoms with Gasteiger partial charge in [-0.05, 0) is 79.5 Å². The fraction of sp³-hybridized carbons (Fsp3) is 0.409. The van der Waals surface area contributed by atoms with Crippen LogP contribution in [-0.2, 0) is 24.1 Å². The van der Waals surface area contributed by atoms with E-state index < -0.39 is 0 Å². The average molecular weight is 351 g/mol. The lowest BCUT2D eigenvalue weighted by Gasteiger charge is -2.32. The third-order valence-corrected chi connectivity index (χ3v) is 5.51. The zero-order valence-electron chi connectivity index (χ0n) is 15.5. The molecule has 136 valence electrons. The lowest BCUT2D eigenvalue weighted by atomic mass is 9.96. The molecule has 1 heterocycles. The molecule has 4 rings (SSSR count). The number of rotatable bonds is 4. The first-order chi connectivity index (χ1) is 12.7. The van der Waals surface area contributed by atoms with E-state index in [0.29, 0.717) is 6.54 Å². The van der Waals surface area contributed by atoms with Crippen LogP contribution in [0.3, 0.4) is 0 Å². The second-order valence-electron chi connectivity index (χ2n) is 7.13. The normalized spacial score (nSPS) is 15.4. The van der Waals surface area contributed by atoms with Crippen molar-refractivity contribution < 1.29 is 14.3 Å². The second kappa shape index (κ2) is 7.02. The van der Waals surface area contributed by atoms with Crippen LogP contribution in [0.2, 0.25) is 0 Å². The number of amides is 1. The fourth-order valence-corrected chi connectivity index (χ4v) is 4.13. The van der Waals surface area contributed by atoms with E-state index in [4.69, 9.17) is 9.47 Å². The van der Waals surface area contributed by atoms with Gasteiger partial charge in [0.05, 0.1) is 12.8 Å². The summed E-state index contributed by atoms with van der Waals surface area (Å²) in [4.78, 5) is 14.7. The van der Waals surface area contributed by atoms with Crippen molar-refractivity contribution in [3.63, 3.8) is 0 Å². The smallest absolute Gasteiger partial charge is 0.265 e. The molecule has 0 bridgehead atoms. The molecule has 0 aromatic heterocycles. The highest BCUT2D eigenvalue weighted by atomic mass is 16.5. The summed E-state index contributed by atoms with van der Waals surface area (Å²) in [5.41, 5.74) is 6.10. The number of nitrogens with zero attached hydrogens (tertiary/aromatic N) is 1. The number of anilines is 1. The van der Waals surface area contributed by atoms with Crippen molar-refractivity contribution in [1.82, 2.24) is 0 Å². The molecule has 0 fully saturated rings. The van der Waals surface area contributed by atoms with Crippen LogP contribution in [0.15, 0.2) is 30.3 Å². The van der Waals surface area contributed by atoms with E-state index in [1.54, 1.807) is 7.11 Å². The molecule has 0 spiro atoms. The molecule has 0 saturated carbocycles. The van der Waals surface area contributed by atoms with Gasteiger partial charge in [-0.25, -0.2) is 0 Å². The first-order valence-electron chi connectivity index (χ1n) is 9.39. The number of aryl methyl sites for hydroxylation is 3. The number of carbonyl (C=O) groups is 1. The number of hydrogen-bond donors (Lipinski definition) is 0. The summed E-state index contributed by atoms with van der Waals surface area (Å²) in [5, 5.41) is 0. The van der Waals surface area contributed by atoms with Crippen LogP contribution in [0.1, 0.15) is 35.1 Å². The predicted molar refractivity (Wildman–Crippen MR) is 102 cm³/mol. The molecule has 1 aliphatic heterocycles. The largest absolute Gasteiger partial charge is 0.495 e. The van der Waals surface area contributed by atoms with Crippen LogP contribution >= 0.6 is 0 Å². The van der Waals surface area contributed by atoms with Crippen LogP contribution in [0.25, 0.3) is 0 Å². The molecule has 1 aliphatic carbocycles. The van der Waals surface area contributed by atoms with Crippen molar-refractivity contribution in [3.05, 3.63) is 52.6 Å². The number of fused-ring (bicyclic) bond motifs is 2. The van der Waals surface area contributed by atoms with E-state index in [0.717, 1.165) is 42.9 Å². The Morgan fingerprint density at radius 3 is 2.77 bits per heavy atom. The Morgan fingerprint density at radius 2 is 1.92 bits per heavy atom. The van der Waals surface area contributed by atoms with Gasteiger partial charge < -0.3 is 14.4 Å². The highest BCUT2D eigenvalue weighted by Crippen LogP contribution is 2.38. The van der Waals surface area contributed by atoms with Crippen molar-refractivity contribution in [2.45, 2.75) is 39.0 Å². The third kappa shape index (κ3) is 3.05. The SMILES string of the molecule is COc1ccc(C)c2c1N(C(=O)COc1ccc3c(c1)CCC3)CCC2. The van der Waals surface area contributed by atoms with Gasteiger partial charge in [0.2, 0.25) is 0 Å². The quantitative estimate of drug-likeness (QED) is 0.840. The Kier molecular flexibility index (Phi) is 4.58. The zero-order valence-corrected chi connectivity index (χ0v) is 15.5. The first kappa shape index (κ1) is 17.0. The minimum atomic E-state index is -0.0182. The van der Waals surface area contributed by atoms with Gasteiger partial charge in [-0.15, -0.1) is 0 Å². The highest BCUT2D eigenvalue weighted by Gasteiger charge is 2.27. The fourth-order valence-electron chi connectivity index (χ4n) is 4.13. The van der Waals surface area contributed by atoms with Crippen molar-refractivity contribution in [3.8, 4) is 11.5 Å². The molecular weight excluding hydrogens is 326 g/mol. The second-order valence-corrected chi connectivity index (χ2v) is 7.13. The summed E-state index contributed by atoms with van der Waals surface area (Å²) in [6.07, 6.45) is 5.41. The maximum atomic E-state index is 12.9. The molecule has 4 nitrogen and oxygen atoms in total. The topological polar surface area (TPSA) is 38.8 Å².